The van der Waals surface area contributed by atoms with Gasteiger partial charge in [0, 0.05) is 6.07 Å². The lowest BCUT2D eigenvalue weighted by molar-refractivity contribution is -0.114. The molecule has 0 aliphatic heterocycles. The summed E-state index contributed by atoms with van der Waals surface area (Å²) in [4.78, 5) is 12.0. The first-order valence-electron chi connectivity index (χ1n) is 6.75. The molecule has 0 saturated heterocycles. The van der Waals surface area contributed by atoms with Crippen molar-refractivity contribution in [1.82, 2.24) is 0 Å². The minimum absolute atomic E-state index is 0.0383. The topological polar surface area (TPSA) is 66.5 Å². The average molecular weight is 393 g/mol. The highest BCUT2D eigenvalue weighted by Gasteiger charge is 2.22. The van der Waals surface area contributed by atoms with Crippen molar-refractivity contribution in [2.24, 2.45) is 0 Å². The van der Waals surface area contributed by atoms with Crippen LogP contribution in [0.5, 0.6) is 0 Å². The Morgan fingerprint density at radius 2 is 1.80 bits per heavy atom. The molecule has 0 fully saturated rings. The van der Waals surface area contributed by atoms with Gasteiger partial charge < -0.3 is 5.32 Å². The van der Waals surface area contributed by atoms with Crippen LogP contribution >= 0.6 is 11.6 Å². The number of sulfonamides is 1. The maximum Gasteiger partial charge on any atom is 0.245 e. The first-order valence-corrected chi connectivity index (χ1v) is 8.98. The average Bonchev–Trinajstić information content (AvgIpc) is 2.49. The molecule has 2 aromatic rings. The molecular formula is C15H12ClF3N2O3S. The molecule has 2 rings (SSSR count). The van der Waals surface area contributed by atoms with Gasteiger partial charge in [-0.25, -0.2) is 21.6 Å². The highest BCUT2D eigenvalue weighted by molar-refractivity contribution is 7.92. The molecular weight excluding hydrogens is 381 g/mol. The molecule has 0 aliphatic carbocycles. The van der Waals surface area contributed by atoms with Gasteiger partial charge in [-0.1, -0.05) is 11.6 Å². The van der Waals surface area contributed by atoms with E-state index in [0.29, 0.717) is 10.4 Å². The summed E-state index contributed by atoms with van der Waals surface area (Å²) in [6.45, 7) is -0.711. The van der Waals surface area contributed by atoms with Crippen molar-refractivity contribution in [1.29, 1.82) is 0 Å². The number of anilines is 2. The first kappa shape index (κ1) is 19.1. The lowest BCUT2D eigenvalue weighted by atomic mass is 10.3. The molecule has 10 heteroatoms. The molecule has 1 N–H and O–H groups in total. The van der Waals surface area contributed by atoms with E-state index in [1.54, 1.807) is 0 Å². The van der Waals surface area contributed by atoms with E-state index in [1.165, 1.54) is 0 Å². The maximum atomic E-state index is 13.6. The van der Waals surface area contributed by atoms with Gasteiger partial charge in [0.1, 0.15) is 24.0 Å². The van der Waals surface area contributed by atoms with Crippen LogP contribution in [-0.2, 0) is 14.8 Å². The number of rotatable bonds is 5. The largest absolute Gasteiger partial charge is 0.322 e. The standard InChI is InChI=1S/C15H12ClF3N2O3S/c1-25(23,24)21(10-3-4-12(18)11(16)7-10)8-15(22)20-14-5-2-9(17)6-13(14)19/h2-7H,8H2,1H3,(H,20,22). The van der Waals surface area contributed by atoms with Crippen LogP contribution in [0.3, 0.4) is 0 Å². The predicted molar refractivity (Wildman–Crippen MR) is 88.6 cm³/mol. The predicted octanol–water partition coefficient (Wildman–Crippen LogP) is 3.16. The normalized spacial score (nSPS) is 11.2. The second-order valence-corrected chi connectivity index (χ2v) is 7.35. The molecule has 25 heavy (non-hydrogen) atoms. The summed E-state index contributed by atoms with van der Waals surface area (Å²) in [5.74, 6) is -3.47. The van der Waals surface area contributed by atoms with Gasteiger partial charge in [-0.05, 0) is 30.3 Å². The Bertz CT molecular complexity index is 922. The number of hydrogen-bond donors (Lipinski definition) is 1. The molecule has 0 saturated carbocycles. The highest BCUT2D eigenvalue weighted by Crippen LogP contribution is 2.24. The van der Waals surface area contributed by atoms with E-state index >= 15 is 0 Å². The summed E-state index contributed by atoms with van der Waals surface area (Å²) in [5.41, 5.74) is -0.347. The van der Waals surface area contributed by atoms with E-state index in [2.05, 4.69) is 5.32 Å². The summed E-state index contributed by atoms with van der Waals surface area (Å²) < 4.78 is 64.2. The Morgan fingerprint density at radius 3 is 2.36 bits per heavy atom. The zero-order valence-electron chi connectivity index (χ0n) is 12.8. The quantitative estimate of drug-likeness (QED) is 0.850. The fraction of sp³-hybridized carbons (Fsp3) is 0.133. The third-order valence-corrected chi connectivity index (χ3v) is 4.51. The Labute approximate surface area is 147 Å². The van der Waals surface area contributed by atoms with Crippen molar-refractivity contribution in [3.8, 4) is 0 Å². The number of halogens is 4. The number of carbonyl (C=O) groups excluding carboxylic acids is 1. The number of amides is 1. The molecule has 0 bridgehead atoms. The molecule has 1 amide bonds. The third-order valence-electron chi connectivity index (χ3n) is 3.08. The van der Waals surface area contributed by atoms with Gasteiger partial charge >= 0.3 is 0 Å². The van der Waals surface area contributed by atoms with Crippen LogP contribution in [0.25, 0.3) is 0 Å². The number of benzene rings is 2. The van der Waals surface area contributed by atoms with Crippen LogP contribution in [0, 0.1) is 17.5 Å². The zero-order valence-corrected chi connectivity index (χ0v) is 14.3. The van der Waals surface area contributed by atoms with Crippen molar-refractivity contribution < 1.29 is 26.4 Å². The minimum Gasteiger partial charge on any atom is -0.322 e. The summed E-state index contributed by atoms with van der Waals surface area (Å²) in [6, 6.07) is 5.64. The van der Waals surface area contributed by atoms with Crippen LogP contribution in [0.15, 0.2) is 36.4 Å². The Balaban J connectivity index is 2.25. The van der Waals surface area contributed by atoms with E-state index in [0.717, 1.165) is 36.6 Å². The van der Waals surface area contributed by atoms with Gasteiger partial charge in [-0.3, -0.25) is 9.10 Å². The number of nitrogens with zero attached hydrogens (tertiary/aromatic N) is 1. The fourth-order valence-electron chi connectivity index (χ4n) is 1.95. The Hall–Kier alpha value is -2.26. The second kappa shape index (κ2) is 7.32. The molecule has 0 spiro atoms. The van der Waals surface area contributed by atoms with E-state index in [9.17, 15) is 26.4 Å². The summed E-state index contributed by atoms with van der Waals surface area (Å²) >= 11 is 5.63. The minimum atomic E-state index is -3.91. The van der Waals surface area contributed by atoms with E-state index in [1.807, 2.05) is 0 Å². The van der Waals surface area contributed by atoms with Crippen molar-refractivity contribution >= 4 is 38.9 Å². The van der Waals surface area contributed by atoms with E-state index in [-0.39, 0.29) is 16.4 Å². The molecule has 0 aromatic heterocycles. The molecule has 0 aliphatic rings. The molecule has 0 atom stereocenters. The number of carbonyl (C=O) groups is 1. The van der Waals surface area contributed by atoms with Crippen molar-refractivity contribution in [3.63, 3.8) is 0 Å². The lowest BCUT2D eigenvalue weighted by Gasteiger charge is -2.22. The molecule has 0 heterocycles. The van der Waals surface area contributed by atoms with Gasteiger partial charge in [-0.15, -0.1) is 0 Å². The first-order chi connectivity index (χ1) is 11.6. The molecule has 5 nitrogen and oxygen atoms in total. The summed E-state index contributed by atoms with van der Waals surface area (Å²) in [5, 5.41) is 1.82. The van der Waals surface area contributed by atoms with Crippen molar-refractivity contribution in [2.75, 3.05) is 22.4 Å². The maximum absolute atomic E-state index is 13.6. The van der Waals surface area contributed by atoms with Crippen LogP contribution in [-0.4, -0.2) is 27.1 Å². The van der Waals surface area contributed by atoms with Crippen LogP contribution in [0.2, 0.25) is 5.02 Å². The smallest absolute Gasteiger partial charge is 0.245 e. The Kier molecular flexibility index (Phi) is 5.58. The third kappa shape index (κ3) is 4.86. The summed E-state index contributed by atoms with van der Waals surface area (Å²) in [7, 11) is -3.91. The van der Waals surface area contributed by atoms with Crippen molar-refractivity contribution in [3.05, 3.63) is 58.9 Å². The molecule has 0 radical (unpaired) electrons. The fourth-order valence-corrected chi connectivity index (χ4v) is 2.97. The van der Waals surface area contributed by atoms with Crippen LogP contribution < -0.4 is 9.62 Å². The number of nitrogens with one attached hydrogen (secondary N) is 1. The molecule has 2 aromatic carbocycles. The van der Waals surface area contributed by atoms with E-state index < -0.39 is 39.9 Å². The van der Waals surface area contributed by atoms with Gasteiger partial charge in [0.2, 0.25) is 15.9 Å². The highest BCUT2D eigenvalue weighted by atomic mass is 35.5. The van der Waals surface area contributed by atoms with Crippen molar-refractivity contribution in [2.45, 2.75) is 0 Å². The lowest BCUT2D eigenvalue weighted by Crippen LogP contribution is -2.37. The number of hydrogen-bond acceptors (Lipinski definition) is 3. The molecule has 134 valence electrons. The zero-order chi connectivity index (χ0) is 18.8. The molecule has 0 unspecified atom stereocenters. The van der Waals surface area contributed by atoms with Crippen LogP contribution in [0.4, 0.5) is 24.5 Å². The summed E-state index contributed by atoms with van der Waals surface area (Å²) in [6.07, 6.45) is 0.843. The van der Waals surface area contributed by atoms with Gasteiger partial charge in [0.15, 0.2) is 0 Å². The monoisotopic (exact) mass is 392 g/mol. The van der Waals surface area contributed by atoms with E-state index in [4.69, 9.17) is 11.6 Å². The van der Waals surface area contributed by atoms with Gasteiger partial charge in [0.05, 0.1) is 22.7 Å². The SMILES string of the molecule is CS(=O)(=O)N(CC(=O)Nc1ccc(F)cc1F)c1ccc(F)c(Cl)c1. The van der Waals surface area contributed by atoms with Gasteiger partial charge in [0.25, 0.3) is 0 Å². The second-order valence-electron chi connectivity index (χ2n) is 5.04. The Morgan fingerprint density at radius 1 is 1.12 bits per heavy atom. The van der Waals surface area contributed by atoms with Gasteiger partial charge in [-0.2, -0.15) is 0 Å². The van der Waals surface area contributed by atoms with Crippen LogP contribution in [0.1, 0.15) is 0 Å².